The number of sulfonamides is 1. The first-order valence-electron chi connectivity index (χ1n) is 5.75. The molecule has 5 nitrogen and oxygen atoms in total. The third kappa shape index (κ3) is 3.53. The molecule has 0 radical (unpaired) electrons. The van der Waals surface area contributed by atoms with Crippen molar-refractivity contribution in [3.63, 3.8) is 0 Å². The summed E-state index contributed by atoms with van der Waals surface area (Å²) in [5, 5.41) is 0.224. The molecule has 2 aromatic rings. The minimum absolute atomic E-state index is 0.0199. The molecular weight excluding hydrogens is 335 g/mol. The molecule has 0 saturated heterocycles. The van der Waals surface area contributed by atoms with Crippen molar-refractivity contribution in [2.75, 3.05) is 17.6 Å². The van der Waals surface area contributed by atoms with Crippen LogP contribution in [0.4, 0.5) is 11.4 Å². The highest BCUT2D eigenvalue weighted by Gasteiger charge is 2.22. The topological polar surface area (TPSA) is 81.4 Å². The van der Waals surface area contributed by atoms with Crippen LogP contribution in [0.15, 0.2) is 41.3 Å². The van der Waals surface area contributed by atoms with E-state index in [1.54, 1.807) is 24.3 Å². The third-order valence-corrected chi connectivity index (χ3v) is 4.77. The second-order valence-electron chi connectivity index (χ2n) is 4.14. The van der Waals surface area contributed by atoms with Crippen LogP contribution in [0.1, 0.15) is 0 Å². The quantitative estimate of drug-likeness (QED) is 0.831. The molecule has 0 aliphatic heterocycles. The van der Waals surface area contributed by atoms with Gasteiger partial charge < -0.3 is 10.5 Å². The molecule has 112 valence electrons. The molecule has 2 rings (SSSR count). The normalized spacial score (nSPS) is 11.2. The van der Waals surface area contributed by atoms with E-state index in [1.807, 2.05) is 0 Å². The average molecular weight is 347 g/mol. The van der Waals surface area contributed by atoms with Crippen molar-refractivity contribution in [3.05, 3.63) is 46.4 Å². The zero-order valence-corrected chi connectivity index (χ0v) is 13.3. The molecule has 8 heteroatoms. The number of nitrogens with two attached hydrogens (primary N) is 1. The molecule has 0 heterocycles. The number of rotatable bonds is 4. The summed E-state index contributed by atoms with van der Waals surface area (Å²) in [7, 11) is -2.40. The lowest BCUT2D eigenvalue weighted by Gasteiger charge is -2.12. The first-order valence-corrected chi connectivity index (χ1v) is 7.99. The number of anilines is 2. The van der Waals surface area contributed by atoms with E-state index in [1.165, 1.54) is 19.2 Å². The Morgan fingerprint density at radius 3 is 2.29 bits per heavy atom. The number of halogens is 2. The van der Waals surface area contributed by atoms with E-state index in [-0.39, 0.29) is 20.6 Å². The third-order valence-electron chi connectivity index (χ3n) is 2.65. The molecule has 0 fully saturated rings. The molecule has 0 atom stereocenters. The maximum Gasteiger partial charge on any atom is 0.265 e. The summed E-state index contributed by atoms with van der Waals surface area (Å²) in [4.78, 5) is -0.204. The smallest absolute Gasteiger partial charge is 0.265 e. The lowest BCUT2D eigenvalue weighted by atomic mass is 10.3. The Bertz CT molecular complexity index is 738. The van der Waals surface area contributed by atoms with E-state index in [9.17, 15) is 8.42 Å². The number of nitrogens with one attached hydrogen (secondary N) is 1. The highest BCUT2D eigenvalue weighted by Crippen LogP contribution is 2.32. The van der Waals surface area contributed by atoms with E-state index >= 15 is 0 Å². The molecule has 21 heavy (non-hydrogen) atoms. The van der Waals surface area contributed by atoms with Gasteiger partial charge in [-0.15, -0.1) is 0 Å². The van der Waals surface area contributed by atoms with Crippen LogP contribution in [-0.2, 0) is 10.0 Å². The Hall–Kier alpha value is -1.63. The Morgan fingerprint density at radius 1 is 1.14 bits per heavy atom. The molecule has 0 amide bonds. The molecule has 0 aromatic heterocycles. The Balaban J connectivity index is 2.38. The molecule has 3 N–H and O–H groups in total. The van der Waals surface area contributed by atoms with Crippen molar-refractivity contribution < 1.29 is 13.2 Å². The summed E-state index contributed by atoms with van der Waals surface area (Å²) in [5.74, 6) is 0.613. The maximum atomic E-state index is 12.4. The minimum Gasteiger partial charge on any atom is -0.497 e. The van der Waals surface area contributed by atoms with Gasteiger partial charge in [-0.25, -0.2) is 8.42 Å². The summed E-state index contributed by atoms with van der Waals surface area (Å²) in [6.07, 6.45) is 0. The van der Waals surface area contributed by atoms with Crippen molar-refractivity contribution in [3.8, 4) is 5.75 Å². The Labute approximate surface area is 132 Å². The lowest BCUT2D eigenvalue weighted by Crippen LogP contribution is -2.15. The molecule has 0 aliphatic rings. The van der Waals surface area contributed by atoms with Crippen molar-refractivity contribution in [1.29, 1.82) is 0 Å². The van der Waals surface area contributed by atoms with Crippen LogP contribution >= 0.6 is 23.2 Å². The highest BCUT2D eigenvalue weighted by atomic mass is 35.5. The monoisotopic (exact) mass is 346 g/mol. The fourth-order valence-electron chi connectivity index (χ4n) is 1.73. The van der Waals surface area contributed by atoms with Gasteiger partial charge in [-0.3, -0.25) is 4.72 Å². The fourth-order valence-corrected chi connectivity index (χ4v) is 3.78. The summed E-state index contributed by atoms with van der Waals surface area (Å²) in [5.41, 5.74) is 6.04. The molecule has 0 saturated carbocycles. The molecule has 2 aromatic carbocycles. The maximum absolute atomic E-state index is 12.4. The van der Waals surface area contributed by atoms with Gasteiger partial charge in [0, 0.05) is 10.7 Å². The first kappa shape index (κ1) is 15.8. The SMILES string of the molecule is COc1ccc(NS(=O)(=O)c2c(N)cc(Cl)cc2Cl)cc1. The highest BCUT2D eigenvalue weighted by molar-refractivity contribution is 7.93. The van der Waals surface area contributed by atoms with Crippen molar-refractivity contribution >= 4 is 44.6 Å². The van der Waals surface area contributed by atoms with Crippen LogP contribution in [-0.4, -0.2) is 15.5 Å². The van der Waals surface area contributed by atoms with Gasteiger partial charge >= 0.3 is 0 Å². The predicted molar refractivity (Wildman–Crippen MR) is 84.7 cm³/mol. The standard InChI is InChI=1S/C13H12Cl2N2O3S/c1-20-10-4-2-9(3-5-10)17-21(18,19)13-11(15)6-8(14)7-12(13)16/h2-7,17H,16H2,1H3. The molecule has 0 aliphatic carbocycles. The number of ether oxygens (including phenoxy) is 1. The van der Waals surface area contributed by atoms with Gasteiger partial charge in [0.1, 0.15) is 10.6 Å². The number of methoxy groups -OCH3 is 1. The zero-order chi connectivity index (χ0) is 15.6. The van der Waals surface area contributed by atoms with Gasteiger partial charge in [-0.2, -0.15) is 0 Å². The molecule has 0 bridgehead atoms. The number of hydrogen-bond acceptors (Lipinski definition) is 4. The number of hydrogen-bond donors (Lipinski definition) is 2. The van der Waals surface area contributed by atoms with Crippen molar-refractivity contribution in [2.24, 2.45) is 0 Å². The van der Waals surface area contributed by atoms with Gasteiger partial charge in [0.25, 0.3) is 10.0 Å². The van der Waals surface area contributed by atoms with Gasteiger partial charge in [0.2, 0.25) is 0 Å². The van der Waals surface area contributed by atoms with Crippen LogP contribution in [0, 0.1) is 0 Å². The molecular formula is C13H12Cl2N2O3S. The Kier molecular flexibility index (Phi) is 4.51. The van der Waals surface area contributed by atoms with E-state index in [0.29, 0.717) is 11.4 Å². The van der Waals surface area contributed by atoms with Crippen LogP contribution in [0.3, 0.4) is 0 Å². The van der Waals surface area contributed by atoms with Gasteiger partial charge in [-0.05, 0) is 36.4 Å². The number of benzene rings is 2. The minimum atomic E-state index is -3.92. The number of nitrogen functional groups attached to an aromatic ring is 1. The average Bonchev–Trinajstić information content (AvgIpc) is 2.37. The fraction of sp³-hybridized carbons (Fsp3) is 0.0769. The van der Waals surface area contributed by atoms with Gasteiger partial charge in [0.15, 0.2) is 0 Å². The zero-order valence-electron chi connectivity index (χ0n) is 10.9. The van der Waals surface area contributed by atoms with Crippen LogP contribution in [0.2, 0.25) is 10.0 Å². The van der Waals surface area contributed by atoms with E-state index < -0.39 is 10.0 Å². The summed E-state index contributed by atoms with van der Waals surface area (Å²) >= 11 is 11.7. The first-order chi connectivity index (χ1) is 9.83. The predicted octanol–water partition coefficient (Wildman–Crippen LogP) is 3.39. The van der Waals surface area contributed by atoms with Gasteiger partial charge in [-0.1, -0.05) is 23.2 Å². The van der Waals surface area contributed by atoms with Crippen LogP contribution < -0.4 is 15.2 Å². The summed E-state index contributed by atoms with van der Waals surface area (Å²) < 4.78 is 32.1. The van der Waals surface area contributed by atoms with E-state index in [4.69, 9.17) is 33.7 Å². The largest absolute Gasteiger partial charge is 0.497 e. The van der Waals surface area contributed by atoms with E-state index in [0.717, 1.165) is 0 Å². The summed E-state index contributed by atoms with van der Waals surface area (Å²) in [6.45, 7) is 0. The second-order valence-corrected chi connectivity index (χ2v) is 6.60. The molecule has 0 unspecified atom stereocenters. The van der Waals surface area contributed by atoms with Gasteiger partial charge in [0.05, 0.1) is 17.8 Å². The Morgan fingerprint density at radius 2 is 1.76 bits per heavy atom. The van der Waals surface area contributed by atoms with Crippen LogP contribution in [0.25, 0.3) is 0 Å². The van der Waals surface area contributed by atoms with E-state index in [2.05, 4.69) is 4.72 Å². The van der Waals surface area contributed by atoms with Crippen molar-refractivity contribution in [1.82, 2.24) is 0 Å². The second kappa shape index (κ2) is 6.01. The van der Waals surface area contributed by atoms with Crippen LogP contribution in [0.5, 0.6) is 5.75 Å². The molecule has 0 spiro atoms. The summed E-state index contributed by atoms with van der Waals surface area (Å²) in [6, 6.07) is 9.04. The van der Waals surface area contributed by atoms with Crippen molar-refractivity contribution in [2.45, 2.75) is 4.90 Å². The lowest BCUT2D eigenvalue weighted by molar-refractivity contribution is 0.415.